The lowest BCUT2D eigenvalue weighted by Gasteiger charge is -2.33. The van der Waals surface area contributed by atoms with Gasteiger partial charge in [-0.25, -0.2) is 9.31 Å². The van der Waals surface area contributed by atoms with Crippen molar-refractivity contribution in [1.29, 1.82) is 0 Å². The van der Waals surface area contributed by atoms with Crippen LogP contribution in [0.15, 0.2) is 41.6 Å². The van der Waals surface area contributed by atoms with Gasteiger partial charge in [0.15, 0.2) is 5.78 Å². The molecular formula is C24H28N6O5. The van der Waals surface area contributed by atoms with Crippen LogP contribution in [0.3, 0.4) is 0 Å². The lowest BCUT2D eigenvalue weighted by molar-refractivity contribution is 0.0203. The summed E-state index contributed by atoms with van der Waals surface area (Å²) in [6.07, 6.45) is 5.27. The smallest absolute Gasteiger partial charge is 0.410 e. The van der Waals surface area contributed by atoms with Crippen molar-refractivity contribution in [3.8, 4) is 0 Å². The van der Waals surface area contributed by atoms with E-state index >= 15 is 0 Å². The van der Waals surface area contributed by atoms with Crippen molar-refractivity contribution in [2.45, 2.75) is 45.1 Å². The van der Waals surface area contributed by atoms with E-state index in [1.807, 2.05) is 20.8 Å². The minimum Gasteiger partial charge on any atom is -0.444 e. The molecule has 4 heterocycles. The standard InChI is InChI=1S/C24H28N6O5/c1-24(2,3)35-23(34)29-10-6-15(7-11-29)18-12-20(32)28-21-17(13-27-30(18)21)22(33)26-14-19(31)16-4-8-25-9-5-16/h4-5,8-9,12-13,15H,6-7,10-11,14H2,1-3H3,(H,26,33)(H,28,32). The van der Waals surface area contributed by atoms with Crippen molar-refractivity contribution < 1.29 is 19.1 Å². The van der Waals surface area contributed by atoms with E-state index in [2.05, 4.69) is 20.4 Å². The number of Topliss-reactive ketones (excluding diaryl/α,β-unsaturated/α-hetero) is 1. The lowest BCUT2D eigenvalue weighted by atomic mass is 9.93. The number of nitrogens with one attached hydrogen (secondary N) is 2. The third-order valence-electron chi connectivity index (χ3n) is 5.76. The average Bonchev–Trinajstić information content (AvgIpc) is 3.25. The largest absolute Gasteiger partial charge is 0.444 e. The molecule has 0 bridgehead atoms. The topological polar surface area (TPSA) is 139 Å². The monoisotopic (exact) mass is 480 g/mol. The normalized spacial score (nSPS) is 14.7. The zero-order valence-electron chi connectivity index (χ0n) is 19.9. The number of likely N-dealkylation sites (tertiary alicyclic amines) is 1. The van der Waals surface area contributed by atoms with Gasteiger partial charge in [-0.15, -0.1) is 0 Å². The molecule has 0 atom stereocenters. The number of fused-ring (bicyclic) bond motifs is 1. The molecule has 2 amide bonds. The number of aromatic amines is 1. The molecule has 0 aliphatic carbocycles. The summed E-state index contributed by atoms with van der Waals surface area (Å²) < 4.78 is 7.00. The maximum Gasteiger partial charge on any atom is 0.410 e. The molecule has 4 rings (SSSR count). The average molecular weight is 481 g/mol. The van der Waals surface area contributed by atoms with Gasteiger partial charge in [-0.2, -0.15) is 5.10 Å². The maximum atomic E-state index is 12.8. The zero-order chi connectivity index (χ0) is 25.2. The fourth-order valence-electron chi connectivity index (χ4n) is 4.05. The molecule has 184 valence electrons. The number of rotatable bonds is 5. The molecule has 11 heteroatoms. The Morgan fingerprint density at radius 3 is 2.51 bits per heavy atom. The number of ketones is 1. The first-order valence-electron chi connectivity index (χ1n) is 11.4. The quantitative estimate of drug-likeness (QED) is 0.534. The van der Waals surface area contributed by atoms with Crippen molar-refractivity contribution in [3.63, 3.8) is 0 Å². The molecule has 3 aromatic rings. The van der Waals surface area contributed by atoms with Crippen LogP contribution in [0.2, 0.25) is 0 Å². The predicted octanol–water partition coefficient (Wildman–Crippen LogP) is 2.14. The summed E-state index contributed by atoms with van der Waals surface area (Å²) in [5.41, 5.74) is 0.605. The summed E-state index contributed by atoms with van der Waals surface area (Å²) in [5.74, 6) is -0.805. The van der Waals surface area contributed by atoms with Crippen molar-refractivity contribution in [1.82, 2.24) is 29.8 Å². The molecule has 0 aromatic carbocycles. The third-order valence-corrected chi connectivity index (χ3v) is 5.76. The van der Waals surface area contributed by atoms with Gasteiger partial charge in [0.05, 0.1) is 18.4 Å². The van der Waals surface area contributed by atoms with Gasteiger partial charge in [-0.3, -0.25) is 19.4 Å². The fourth-order valence-corrected chi connectivity index (χ4v) is 4.05. The number of aromatic nitrogens is 4. The summed E-state index contributed by atoms with van der Waals surface area (Å²) in [4.78, 5) is 58.1. The van der Waals surface area contributed by atoms with E-state index in [0.29, 0.717) is 37.2 Å². The van der Waals surface area contributed by atoms with Gasteiger partial charge < -0.3 is 19.9 Å². The number of hydrogen-bond acceptors (Lipinski definition) is 7. The Labute approximate surface area is 201 Å². The van der Waals surface area contributed by atoms with Crippen LogP contribution in [0, 0.1) is 0 Å². The molecule has 1 aliphatic heterocycles. The number of carbonyl (C=O) groups excluding carboxylic acids is 3. The molecule has 11 nitrogen and oxygen atoms in total. The highest BCUT2D eigenvalue weighted by atomic mass is 16.6. The molecule has 0 spiro atoms. The van der Waals surface area contributed by atoms with Gasteiger partial charge in [0.2, 0.25) is 0 Å². The SMILES string of the molecule is CC(C)(C)OC(=O)N1CCC(c2cc(=O)[nH]c3c(C(=O)NCC(=O)c4ccncc4)cnn23)CC1. The first kappa shape index (κ1) is 24.1. The number of nitrogens with zero attached hydrogens (tertiary/aromatic N) is 4. The molecule has 1 aliphatic rings. The van der Waals surface area contributed by atoms with E-state index in [0.717, 1.165) is 0 Å². The predicted molar refractivity (Wildman–Crippen MR) is 126 cm³/mol. The third kappa shape index (κ3) is 5.56. The minimum atomic E-state index is -0.568. The van der Waals surface area contributed by atoms with Crippen LogP contribution in [0.4, 0.5) is 4.79 Å². The Kier molecular flexibility index (Phi) is 6.68. The number of hydrogen-bond donors (Lipinski definition) is 2. The summed E-state index contributed by atoms with van der Waals surface area (Å²) in [7, 11) is 0. The molecule has 1 saturated heterocycles. The highest BCUT2D eigenvalue weighted by molar-refractivity contribution is 6.04. The second-order valence-corrected chi connectivity index (χ2v) is 9.46. The summed E-state index contributed by atoms with van der Waals surface area (Å²) in [6.45, 7) is 6.24. The lowest BCUT2D eigenvalue weighted by Crippen LogP contribution is -2.41. The summed E-state index contributed by atoms with van der Waals surface area (Å²) in [6, 6.07) is 4.62. The molecule has 2 N–H and O–H groups in total. The van der Waals surface area contributed by atoms with Gasteiger partial charge in [0.1, 0.15) is 16.8 Å². The van der Waals surface area contributed by atoms with Crippen LogP contribution in [-0.4, -0.2) is 67.5 Å². The number of ether oxygens (including phenoxy) is 1. The molecular weight excluding hydrogens is 452 g/mol. The van der Waals surface area contributed by atoms with Crippen LogP contribution < -0.4 is 10.9 Å². The number of H-pyrrole nitrogens is 1. The molecule has 0 unspecified atom stereocenters. The Balaban J connectivity index is 1.47. The molecule has 35 heavy (non-hydrogen) atoms. The fraction of sp³-hybridized carbons (Fsp3) is 0.417. The highest BCUT2D eigenvalue weighted by Crippen LogP contribution is 2.28. The second kappa shape index (κ2) is 9.69. The Hall–Kier alpha value is -4.02. The molecule has 3 aromatic heterocycles. The summed E-state index contributed by atoms with van der Waals surface area (Å²) >= 11 is 0. The van der Waals surface area contributed by atoms with Crippen molar-refractivity contribution in [2.75, 3.05) is 19.6 Å². The maximum absolute atomic E-state index is 12.8. The van der Waals surface area contributed by atoms with Crippen molar-refractivity contribution in [2.24, 2.45) is 0 Å². The van der Waals surface area contributed by atoms with E-state index in [1.165, 1.54) is 24.7 Å². The second-order valence-electron chi connectivity index (χ2n) is 9.46. The van der Waals surface area contributed by atoms with Gasteiger partial charge in [0, 0.05) is 43.0 Å². The van der Waals surface area contributed by atoms with Gasteiger partial charge in [-0.05, 0) is 45.7 Å². The van der Waals surface area contributed by atoms with Crippen molar-refractivity contribution in [3.05, 3.63) is 64.0 Å². The number of carbonyl (C=O) groups is 3. The first-order valence-corrected chi connectivity index (χ1v) is 11.4. The van der Waals surface area contributed by atoms with E-state index in [9.17, 15) is 19.2 Å². The van der Waals surface area contributed by atoms with E-state index in [1.54, 1.807) is 21.5 Å². The van der Waals surface area contributed by atoms with Crippen LogP contribution in [0.25, 0.3) is 5.65 Å². The van der Waals surface area contributed by atoms with E-state index in [-0.39, 0.29) is 41.1 Å². The molecule has 1 fully saturated rings. The Bertz CT molecular complexity index is 1300. The minimum absolute atomic E-state index is 0.0254. The van der Waals surface area contributed by atoms with Crippen LogP contribution >= 0.6 is 0 Å². The van der Waals surface area contributed by atoms with E-state index < -0.39 is 11.5 Å². The van der Waals surface area contributed by atoms with Crippen molar-refractivity contribution >= 4 is 23.4 Å². The number of pyridine rings is 1. The van der Waals surface area contributed by atoms with Crippen LogP contribution in [0.5, 0.6) is 0 Å². The van der Waals surface area contributed by atoms with Gasteiger partial charge >= 0.3 is 6.09 Å². The zero-order valence-corrected chi connectivity index (χ0v) is 19.9. The summed E-state index contributed by atoms with van der Waals surface area (Å²) in [5, 5.41) is 6.92. The van der Waals surface area contributed by atoms with Gasteiger partial charge in [-0.1, -0.05) is 0 Å². The number of piperidine rings is 1. The Morgan fingerprint density at radius 1 is 1.17 bits per heavy atom. The Morgan fingerprint density at radius 2 is 1.86 bits per heavy atom. The highest BCUT2D eigenvalue weighted by Gasteiger charge is 2.29. The van der Waals surface area contributed by atoms with Crippen LogP contribution in [0.1, 0.15) is 65.9 Å². The molecule has 0 saturated carbocycles. The molecule has 0 radical (unpaired) electrons. The van der Waals surface area contributed by atoms with Crippen LogP contribution in [-0.2, 0) is 4.74 Å². The van der Waals surface area contributed by atoms with E-state index in [4.69, 9.17) is 4.74 Å². The number of amides is 2. The van der Waals surface area contributed by atoms with Gasteiger partial charge in [0.25, 0.3) is 11.5 Å². The first-order chi connectivity index (χ1) is 16.6.